The van der Waals surface area contributed by atoms with Crippen molar-refractivity contribution in [2.45, 2.75) is 38.8 Å². The van der Waals surface area contributed by atoms with Crippen LogP contribution in [0.1, 0.15) is 37.0 Å². The number of imide groups is 1. The number of amides is 3. The Morgan fingerprint density at radius 1 is 1.35 bits per heavy atom. The highest BCUT2D eigenvalue weighted by atomic mass is 16.3. The summed E-state index contributed by atoms with van der Waals surface area (Å²) in [5, 5.41) is 12.9. The van der Waals surface area contributed by atoms with Crippen LogP contribution in [0.4, 0.5) is 4.79 Å². The first-order valence-electron chi connectivity index (χ1n) is 6.90. The minimum absolute atomic E-state index is 0.00423. The number of aryl methyl sites for hydroxylation is 1. The molecule has 2 unspecified atom stereocenters. The number of urea groups is 1. The summed E-state index contributed by atoms with van der Waals surface area (Å²) in [6.45, 7) is 3.85. The van der Waals surface area contributed by atoms with E-state index in [9.17, 15) is 14.7 Å². The largest absolute Gasteiger partial charge is 0.387 e. The summed E-state index contributed by atoms with van der Waals surface area (Å²) in [6.07, 6.45) is 0.596. The fourth-order valence-corrected chi connectivity index (χ4v) is 2.47. The molecule has 3 amide bonds. The molecule has 0 saturated carbocycles. The van der Waals surface area contributed by atoms with Gasteiger partial charge < -0.3 is 10.4 Å². The van der Waals surface area contributed by atoms with Crippen molar-refractivity contribution in [3.05, 3.63) is 35.4 Å². The molecule has 1 aliphatic rings. The standard InChI is InChI=1S/C15H20N2O3/c1-3-6-12-14(19)17(15(20)16-12)9-13(18)11-8-5-4-7-10(11)2/h4-5,7-8,12-13,18H,3,6,9H2,1-2H3,(H,16,20). The SMILES string of the molecule is CCCC1NC(=O)N(CC(O)c2ccccc2C)C1=O. The van der Waals surface area contributed by atoms with Crippen LogP contribution in [0.5, 0.6) is 0 Å². The normalized spacial score (nSPS) is 20.1. The number of aliphatic hydroxyl groups is 1. The number of carbonyl (C=O) groups excluding carboxylic acids is 2. The van der Waals surface area contributed by atoms with Crippen LogP contribution >= 0.6 is 0 Å². The molecule has 5 nitrogen and oxygen atoms in total. The molecule has 1 aromatic carbocycles. The van der Waals surface area contributed by atoms with Gasteiger partial charge in [0, 0.05) is 0 Å². The predicted molar refractivity (Wildman–Crippen MR) is 75.1 cm³/mol. The van der Waals surface area contributed by atoms with Gasteiger partial charge in [0.15, 0.2) is 0 Å². The number of carbonyl (C=O) groups is 2. The Bertz CT molecular complexity index is 516. The molecule has 20 heavy (non-hydrogen) atoms. The van der Waals surface area contributed by atoms with Crippen molar-refractivity contribution in [1.29, 1.82) is 0 Å². The van der Waals surface area contributed by atoms with Gasteiger partial charge in [-0.25, -0.2) is 4.79 Å². The van der Waals surface area contributed by atoms with Crippen LogP contribution in [0.25, 0.3) is 0 Å². The molecule has 1 heterocycles. The molecule has 2 N–H and O–H groups in total. The molecule has 1 aromatic rings. The minimum atomic E-state index is -0.855. The first-order valence-corrected chi connectivity index (χ1v) is 6.90. The number of β-amino-alcohol motifs (C(OH)–C–C–N with tert-alkyl or cyclic N) is 1. The zero-order chi connectivity index (χ0) is 14.7. The molecule has 1 fully saturated rings. The maximum atomic E-state index is 12.1. The third-order valence-corrected chi connectivity index (χ3v) is 3.59. The van der Waals surface area contributed by atoms with Crippen LogP contribution in [0.3, 0.4) is 0 Å². The predicted octanol–water partition coefficient (Wildman–Crippen LogP) is 1.75. The van der Waals surface area contributed by atoms with Crippen molar-refractivity contribution in [3.8, 4) is 0 Å². The Morgan fingerprint density at radius 3 is 2.70 bits per heavy atom. The van der Waals surface area contributed by atoms with Crippen LogP contribution in [0.15, 0.2) is 24.3 Å². The van der Waals surface area contributed by atoms with E-state index < -0.39 is 18.2 Å². The number of aliphatic hydroxyl groups excluding tert-OH is 1. The maximum absolute atomic E-state index is 12.1. The topological polar surface area (TPSA) is 69.6 Å². The van der Waals surface area contributed by atoms with Crippen LogP contribution in [0, 0.1) is 6.92 Å². The molecule has 108 valence electrons. The van der Waals surface area contributed by atoms with E-state index in [1.165, 1.54) is 0 Å². The molecule has 5 heteroatoms. The van der Waals surface area contributed by atoms with Gasteiger partial charge >= 0.3 is 6.03 Å². The van der Waals surface area contributed by atoms with Gasteiger partial charge in [-0.1, -0.05) is 37.6 Å². The zero-order valence-electron chi connectivity index (χ0n) is 11.8. The van der Waals surface area contributed by atoms with Gasteiger partial charge in [0.1, 0.15) is 6.04 Å². The summed E-state index contributed by atoms with van der Waals surface area (Å²) < 4.78 is 0. The van der Waals surface area contributed by atoms with Gasteiger partial charge in [-0.3, -0.25) is 9.69 Å². The van der Waals surface area contributed by atoms with Crippen LogP contribution < -0.4 is 5.32 Å². The highest BCUT2D eigenvalue weighted by Crippen LogP contribution is 2.21. The number of hydrogen-bond donors (Lipinski definition) is 2. The molecule has 0 radical (unpaired) electrons. The van der Waals surface area contributed by atoms with Gasteiger partial charge in [0.05, 0.1) is 12.6 Å². The minimum Gasteiger partial charge on any atom is -0.387 e. The van der Waals surface area contributed by atoms with Crippen LogP contribution in [-0.2, 0) is 4.79 Å². The van der Waals surface area contributed by atoms with E-state index in [1.807, 2.05) is 38.1 Å². The first-order chi connectivity index (χ1) is 9.54. The van der Waals surface area contributed by atoms with Crippen LogP contribution in [0.2, 0.25) is 0 Å². The highest BCUT2D eigenvalue weighted by molar-refractivity contribution is 6.04. The van der Waals surface area contributed by atoms with E-state index in [2.05, 4.69) is 5.32 Å². The Balaban J connectivity index is 2.08. The molecule has 1 aliphatic heterocycles. The molecule has 2 rings (SSSR count). The smallest absolute Gasteiger partial charge is 0.324 e. The monoisotopic (exact) mass is 276 g/mol. The molecule has 0 aliphatic carbocycles. The Morgan fingerprint density at radius 2 is 2.05 bits per heavy atom. The average Bonchev–Trinajstić information content (AvgIpc) is 2.67. The Kier molecular flexibility index (Phi) is 4.39. The second kappa shape index (κ2) is 6.05. The second-order valence-corrected chi connectivity index (χ2v) is 5.11. The second-order valence-electron chi connectivity index (χ2n) is 5.11. The Labute approximate surface area is 118 Å². The van der Waals surface area contributed by atoms with Crippen molar-refractivity contribution in [2.75, 3.05) is 6.54 Å². The van der Waals surface area contributed by atoms with E-state index in [1.54, 1.807) is 0 Å². The lowest BCUT2D eigenvalue weighted by molar-refractivity contribution is -0.128. The maximum Gasteiger partial charge on any atom is 0.324 e. The lowest BCUT2D eigenvalue weighted by Crippen LogP contribution is -2.35. The van der Waals surface area contributed by atoms with Crippen molar-refractivity contribution in [3.63, 3.8) is 0 Å². The van der Waals surface area contributed by atoms with E-state index in [4.69, 9.17) is 0 Å². The number of benzene rings is 1. The number of rotatable bonds is 5. The summed E-state index contributed by atoms with van der Waals surface area (Å²) in [5.41, 5.74) is 1.68. The van der Waals surface area contributed by atoms with Gasteiger partial charge in [-0.2, -0.15) is 0 Å². The first kappa shape index (κ1) is 14.5. The molecule has 2 atom stereocenters. The quantitative estimate of drug-likeness (QED) is 0.805. The van der Waals surface area contributed by atoms with Crippen molar-refractivity contribution < 1.29 is 14.7 Å². The summed E-state index contributed by atoms with van der Waals surface area (Å²) in [6, 6.07) is 6.55. The summed E-state index contributed by atoms with van der Waals surface area (Å²) >= 11 is 0. The summed E-state index contributed by atoms with van der Waals surface area (Å²) in [5.74, 6) is -0.246. The lowest BCUT2D eigenvalue weighted by Gasteiger charge is -2.19. The van der Waals surface area contributed by atoms with Gasteiger partial charge in [0.25, 0.3) is 5.91 Å². The molecule has 0 aromatic heterocycles. The Hall–Kier alpha value is -1.88. The third kappa shape index (κ3) is 2.82. The van der Waals surface area contributed by atoms with Crippen molar-refractivity contribution in [2.24, 2.45) is 0 Å². The number of nitrogens with zero attached hydrogens (tertiary/aromatic N) is 1. The number of nitrogens with one attached hydrogen (secondary N) is 1. The fraction of sp³-hybridized carbons (Fsp3) is 0.467. The molecular formula is C15H20N2O3. The van der Waals surface area contributed by atoms with E-state index in [0.29, 0.717) is 6.42 Å². The number of hydrogen-bond acceptors (Lipinski definition) is 3. The molecular weight excluding hydrogens is 256 g/mol. The van der Waals surface area contributed by atoms with E-state index in [-0.39, 0.29) is 12.5 Å². The lowest BCUT2D eigenvalue weighted by atomic mass is 10.0. The third-order valence-electron chi connectivity index (χ3n) is 3.59. The average molecular weight is 276 g/mol. The van der Waals surface area contributed by atoms with Crippen molar-refractivity contribution >= 4 is 11.9 Å². The molecule has 0 spiro atoms. The van der Waals surface area contributed by atoms with Crippen molar-refractivity contribution in [1.82, 2.24) is 10.2 Å². The molecule has 0 bridgehead atoms. The summed E-state index contributed by atoms with van der Waals surface area (Å²) in [7, 11) is 0. The zero-order valence-corrected chi connectivity index (χ0v) is 11.8. The molecule has 1 saturated heterocycles. The fourth-order valence-electron chi connectivity index (χ4n) is 2.47. The van der Waals surface area contributed by atoms with Crippen LogP contribution in [-0.4, -0.2) is 34.5 Å². The summed E-state index contributed by atoms with van der Waals surface area (Å²) in [4.78, 5) is 25.0. The van der Waals surface area contributed by atoms with E-state index in [0.717, 1.165) is 22.4 Å². The van der Waals surface area contributed by atoms with Gasteiger partial charge in [-0.05, 0) is 24.5 Å². The van der Waals surface area contributed by atoms with E-state index >= 15 is 0 Å². The van der Waals surface area contributed by atoms with Gasteiger partial charge in [-0.15, -0.1) is 0 Å². The van der Waals surface area contributed by atoms with Gasteiger partial charge in [0.2, 0.25) is 0 Å². The highest BCUT2D eigenvalue weighted by Gasteiger charge is 2.38.